The topological polar surface area (TPSA) is 122 Å². The van der Waals surface area contributed by atoms with Crippen molar-refractivity contribution < 1.29 is 24.7 Å². The van der Waals surface area contributed by atoms with Gasteiger partial charge in [0.1, 0.15) is 12.7 Å². The molecule has 2 aromatic carbocycles. The third-order valence-electron chi connectivity index (χ3n) is 4.29. The van der Waals surface area contributed by atoms with Gasteiger partial charge >= 0.3 is 6.09 Å². The first-order valence-corrected chi connectivity index (χ1v) is 8.85. The van der Waals surface area contributed by atoms with Gasteiger partial charge in [-0.1, -0.05) is 36.4 Å². The van der Waals surface area contributed by atoms with Crippen molar-refractivity contribution in [2.45, 2.75) is 39.1 Å². The maximum absolute atomic E-state index is 11.7. The van der Waals surface area contributed by atoms with Gasteiger partial charge in [-0.25, -0.2) is 4.79 Å². The molecule has 0 radical (unpaired) electrons. The van der Waals surface area contributed by atoms with Gasteiger partial charge in [0.05, 0.1) is 16.6 Å². The Balaban J connectivity index is 1.88. The van der Waals surface area contributed by atoms with Crippen LogP contribution < -0.4 is 5.32 Å². The first-order valence-electron chi connectivity index (χ1n) is 8.85. The Bertz CT molecular complexity index is 825. The third kappa shape index (κ3) is 5.77. The highest BCUT2D eigenvalue weighted by Crippen LogP contribution is 2.32. The van der Waals surface area contributed by atoms with Crippen LogP contribution in [0.2, 0.25) is 0 Å². The van der Waals surface area contributed by atoms with Crippen molar-refractivity contribution in [1.29, 1.82) is 0 Å². The Kier molecular flexibility index (Phi) is 7.48. The zero-order valence-electron chi connectivity index (χ0n) is 15.8. The fourth-order valence-corrected chi connectivity index (χ4v) is 2.94. The number of hydrogen-bond donors (Lipinski definition) is 3. The molecular formula is C20H24N2O6. The van der Waals surface area contributed by atoms with Crippen LogP contribution in [0.15, 0.2) is 42.5 Å². The van der Waals surface area contributed by atoms with Gasteiger partial charge in [0.25, 0.3) is 5.69 Å². The summed E-state index contributed by atoms with van der Waals surface area (Å²) in [5.41, 5.74) is 1.90. The zero-order valence-corrected chi connectivity index (χ0v) is 15.8. The molecule has 2 unspecified atom stereocenters. The number of ether oxygens (including phenoxy) is 1. The number of aliphatic hydroxyl groups is 2. The molecule has 1 amide bonds. The summed E-state index contributed by atoms with van der Waals surface area (Å²) in [5.74, 6) is 0. The Morgan fingerprint density at radius 2 is 1.89 bits per heavy atom. The van der Waals surface area contributed by atoms with E-state index in [9.17, 15) is 25.1 Å². The highest BCUT2D eigenvalue weighted by molar-refractivity contribution is 5.67. The lowest BCUT2D eigenvalue weighted by molar-refractivity contribution is -0.386. The molecule has 0 heterocycles. The maximum atomic E-state index is 11.7. The van der Waals surface area contributed by atoms with Gasteiger partial charge in [0.2, 0.25) is 0 Å². The molecular weight excluding hydrogens is 364 g/mol. The lowest BCUT2D eigenvalue weighted by Crippen LogP contribution is -2.30. The molecule has 0 fully saturated rings. The maximum Gasteiger partial charge on any atom is 0.407 e. The second-order valence-electron chi connectivity index (χ2n) is 6.56. The van der Waals surface area contributed by atoms with E-state index in [1.165, 1.54) is 6.07 Å². The summed E-state index contributed by atoms with van der Waals surface area (Å²) in [5, 5.41) is 34.4. The number of alkyl carbamates (subject to hydrolysis) is 1. The zero-order chi connectivity index (χ0) is 20.7. The lowest BCUT2D eigenvalue weighted by Gasteiger charge is -2.20. The van der Waals surface area contributed by atoms with E-state index in [0.29, 0.717) is 11.1 Å². The van der Waals surface area contributed by atoms with Gasteiger partial charge < -0.3 is 20.3 Å². The molecule has 0 bridgehead atoms. The smallest absolute Gasteiger partial charge is 0.407 e. The molecule has 8 nitrogen and oxygen atoms in total. The van der Waals surface area contributed by atoms with Crippen LogP contribution in [-0.4, -0.2) is 33.9 Å². The monoisotopic (exact) mass is 388 g/mol. The van der Waals surface area contributed by atoms with Crippen LogP contribution >= 0.6 is 0 Å². The minimum Gasteiger partial charge on any atom is -0.445 e. The van der Waals surface area contributed by atoms with Crippen LogP contribution in [0, 0.1) is 24.0 Å². The molecule has 8 heteroatoms. The quantitative estimate of drug-likeness (QED) is 0.472. The normalized spacial score (nSPS) is 12.9. The number of carbonyl (C=O) groups is 1. The molecule has 0 saturated carbocycles. The second kappa shape index (κ2) is 9.82. The van der Waals surface area contributed by atoms with E-state index in [0.717, 1.165) is 5.56 Å². The summed E-state index contributed by atoms with van der Waals surface area (Å²) in [4.78, 5) is 22.4. The van der Waals surface area contributed by atoms with Crippen LogP contribution in [0.1, 0.15) is 34.8 Å². The van der Waals surface area contributed by atoms with E-state index >= 15 is 0 Å². The van der Waals surface area contributed by atoms with E-state index in [2.05, 4.69) is 5.32 Å². The number of nitro benzene ring substituents is 1. The Labute approximate surface area is 162 Å². The minimum absolute atomic E-state index is 0.00603. The third-order valence-corrected chi connectivity index (χ3v) is 4.29. The molecule has 0 aliphatic carbocycles. The second-order valence-corrected chi connectivity index (χ2v) is 6.56. The largest absolute Gasteiger partial charge is 0.445 e. The highest BCUT2D eigenvalue weighted by Gasteiger charge is 2.28. The minimum atomic E-state index is -1.44. The van der Waals surface area contributed by atoms with Crippen LogP contribution in [0.5, 0.6) is 0 Å². The van der Waals surface area contributed by atoms with Crippen molar-refractivity contribution in [2.24, 2.45) is 0 Å². The summed E-state index contributed by atoms with van der Waals surface area (Å²) >= 11 is 0. The van der Waals surface area contributed by atoms with Crippen LogP contribution in [0.4, 0.5) is 10.5 Å². The predicted molar refractivity (Wildman–Crippen MR) is 103 cm³/mol. The van der Waals surface area contributed by atoms with E-state index in [1.807, 2.05) is 30.3 Å². The molecule has 0 aliphatic rings. The number of nitro groups is 1. The lowest BCUT2D eigenvalue weighted by atomic mass is 9.94. The number of aryl methyl sites for hydroxylation is 2. The average molecular weight is 388 g/mol. The number of nitrogens with one attached hydrogen (secondary N) is 1. The van der Waals surface area contributed by atoms with Crippen molar-refractivity contribution in [3.05, 3.63) is 74.8 Å². The number of nitrogens with zero attached hydrogens (tertiary/aromatic N) is 1. The number of carbonyl (C=O) groups excluding carboxylic acids is 1. The molecule has 0 spiro atoms. The molecule has 0 aromatic heterocycles. The molecule has 0 aliphatic heterocycles. The number of rotatable bonds is 8. The standard InChI is InChI=1S/C20H24N2O6/c1-13-10-14(2)18(16(11-13)22(26)27)19(24)17(23)8-9-21-20(25)28-12-15-6-4-3-5-7-15/h3-7,10-11,17,19,23-24H,8-9,12H2,1-2H3,(H,21,25). The summed E-state index contributed by atoms with van der Waals surface area (Å²) in [6.45, 7) is 3.53. The van der Waals surface area contributed by atoms with Gasteiger partial charge in [-0.2, -0.15) is 0 Å². The van der Waals surface area contributed by atoms with Crippen molar-refractivity contribution in [2.75, 3.05) is 6.54 Å². The van der Waals surface area contributed by atoms with Gasteiger partial charge in [-0.3, -0.25) is 10.1 Å². The van der Waals surface area contributed by atoms with Crippen molar-refractivity contribution in [3.63, 3.8) is 0 Å². The van der Waals surface area contributed by atoms with Gasteiger partial charge in [-0.05, 0) is 37.0 Å². The molecule has 2 rings (SSSR count). The highest BCUT2D eigenvalue weighted by atomic mass is 16.6. The molecule has 28 heavy (non-hydrogen) atoms. The molecule has 0 saturated heterocycles. The first kappa shape index (κ1) is 21.3. The Hall–Kier alpha value is -2.97. The average Bonchev–Trinajstić information content (AvgIpc) is 2.66. The van der Waals surface area contributed by atoms with Gasteiger partial charge in [0, 0.05) is 12.6 Å². The Morgan fingerprint density at radius 1 is 1.21 bits per heavy atom. The SMILES string of the molecule is Cc1cc(C)c(C(O)C(O)CCNC(=O)OCc2ccccc2)c([N+](=O)[O-])c1. The molecule has 150 valence electrons. The summed E-state index contributed by atoms with van der Waals surface area (Å²) in [6, 6.07) is 12.2. The van der Waals surface area contributed by atoms with Crippen molar-refractivity contribution in [1.82, 2.24) is 5.32 Å². The fraction of sp³-hybridized carbons (Fsp3) is 0.350. The van der Waals surface area contributed by atoms with E-state index in [4.69, 9.17) is 4.74 Å². The van der Waals surface area contributed by atoms with Gasteiger partial charge in [-0.15, -0.1) is 0 Å². The van der Waals surface area contributed by atoms with Gasteiger partial charge in [0.15, 0.2) is 0 Å². The van der Waals surface area contributed by atoms with Crippen LogP contribution in [0.3, 0.4) is 0 Å². The van der Waals surface area contributed by atoms with Crippen LogP contribution in [0.25, 0.3) is 0 Å². The van der Waals surface area contributed by atoms with Crippen molar-refractivity contribution >= 4 is 11.8 Å². The predicted octanol–water partition coefficient (Wildman–Crippen LogP) is 2.92. The first-order chi connectivity index (χ1) is 13.3. The summed E-state index contributed by atoms with van der Waals surface area (Å²) in [6.07, 6.45) is -3.37. The van der Waals surface area contributed by atoms with E-state index in [-0.39, 0.29) is 30.8 Å². The summed E-state index contributed by atoms with van der Waals surface area (Å²) in [7, 11) is 0. The Morgan fingerprint density at radius 3 is 2.54 bits per heavy atom. The molecule has 3 N–H and O–H groups in total. The number of amides is 1. The number of benzene rings is 2. The summed E-state index contributed by atoms with van der Waals surface area (Å²) < 4.78 is 5.05. The van der Waals surface area contributed by atoms with Crippen molar-refractivity contribution in [3.8, 4) is 0 Å². The van der Waals surface area contributed by atoms with E-state index in [1.54, 1.807) is 19.9 Å². The number of hydrogen-bond acceptors (Lipinski definition) is 6. The fourth-order valence-electron chi connectivity index (χ4n) is 2.94. The van der Waals surface area contributed by atoms with E-state index < -0.39 is 23.2 Å². The van der Waals surface area contributed by atoms with Crippen LogP contribution in [-0.2, 0) is 11.3 Å². The molecule has 2 aromatic rings. The molecule has 2 atom stereocenters. The number of aliphatic hydroxyl groups excluding tert-OH is 2.